The number of nitrogens with zero attached hydrogens (tertiary/aromatic N) is 1. The fraction of sp³-hybridized carbons (Fsp3) is 1.00. The number of methoxy groups -OCH3 is 1. The molecule has 0 aliphatic carbocycles. The van der Waals surface area contributed by atoms with E-state index < -0.39 is 33.8 Å². The Bertz CT molecular complexity index is 273. The number of ether oxygens (including phenoxy) is 1. The maximum Gasteiger partial charge on any atom is 0.339 e. The third-order valence-corrected chi connectivity index (χ3v) is 3.23. The minimum atomic E-state index is -4.36. The Labute approximate surface area is 93.5 Å². The van der Waals surface area contributed by atoms with E-state index in [0.717, 1.165) is 4.90 Å². The molecule has 0 aromatic rings. The average molecular weight is 277 g/mol. The molecule has 16 heavy (non-hydrogen) atoms. The van der Waals surface area contributed by atoms with E-state index in [0.29, 0.717) is 0 Å². The zero-order valence-electron chi connectivity index (χ0n) is 9.05. The highest BCUT2D eigenvalue weighted by atomic mass is 31.2. The highest BCUT2D eigenvalue weighted by molar-refractivity contribution is 7.52. The second-order valence-corrected chi connectivity index (χ2v) is 6.73. The van der Waals surface area contributed by atoms with Crippen LogP contribution in [0, 0.1) is 0 Å². The molecule has 0 radical (unpaired) electrons. The van der Waals surface area contributed by atoms with Crippen molar-refractivity contribution in [2.45, 2.75) is 13.0 Å². The van der Waals surface area contributed by atoms with Gasteiger partial charge in [-0.3, -0.25) is 14.0 Å². The van der Waals surface area contributed by atoms with Gasteiger partial charge in [0.15, 0.2) is 0 Å². The predicted octanol–water partition coefficient (Wildman–Crippen LogP) is -0.406. The van der Waals surface area contributed by atoms with Crippen molar-refractivity contribution in [2.24, 2.45) is 0 Å². The Balaban J connectivity index is 4.63. The van der Waals surface area contributed by atoms with E-state index in [9.17, 15) is 9.13 Å². The summed E-state index contributed by atoms with van der Waals surface area (Å²) in [6, 6.07) is -0.495. The van der Waals surface area contributed by atoms with Gasteiger partial charge in [-0.05, 0) is 6.92 Å². The Morgan fingerprint density at radius 2 is 1.50 bits per heavy atom. The van der Waals surface area contributed by atoms with Crippen LogP contribution in [0.2, 0.25) is 0 Å². The SMILES string of the molecule is COCC(C)N(CP(=O)(O)O)CP(=O)(O)O. The largest absolute Gasteiger partial charge is 0.383 e. The minimum Gasteiger partial charge on any atom is -0.383 e. The van der Waals surface area contributed by atoms with Gasteiger partial charge in [-0.2, -0.15) is 0 Å². The molecule has 0 aliphatic heterocycles. The molecule has 1 unspecified atom stereocenters. The van der Waals surface area contributed by atoms with Gasteiger partial charge >= 0.3 is 15.2 Å². The minimum absolute atomic E-state index is 0.125. The van der Waals surface area contributed by atoms with Crippen LogP contribution in [-0.4, -0.2) is 56.8 Å². The van der Waals surface area contributed by atoms with Gasteiger partial charge < -0.3 is 24.3 Å². The van der Waals surface area contributed by atoms with Crippen molar-refractivity contribution in [1.29, 1.82) is 0 Å². The third kappa shape index (κ3) is 8.38. The third-order valence-electron chi connectivity index (χ3n) is 1.76. The van der Waals surface area contributed by atoms with E-state index in [1.807, 2.05) is 0 Å². The molecule has 0 aliphatic rings. The van der Waals surface area contributed by atoms with Gasteiger partial charge in [-0.1, -0.05) is 0 Å². The van der Waals surface area contributed by atoms with E-state index in [2.05, 4.69) is 0 Å². The van der Waals surface area contributed by atoms with Gasteiger partial charge in [0.25, 0.3) is 0 Å². The summed E-state index contributed by atoms with van der Waals surface area (Å²) in [5, 5.41) is 0. The molecule has 1 atom stereocenters. The van der Waals surface area contributed by atoms with Crippen molar-refractivity contribution in [3.63, 3.8) is 0 Å². The lowest BCUT2D eigenvalue weighted by Crippen LogP contribution is -2.37. The maximum atomic E-state index is 10.8. The Kier molecular flexibility index (Phi) is 6.32. The molecule has 0 spiro atoms. The fourth-order valence-electron chi connectivity index (χ4n) is 1.14. The van der Waals surface area contributed by atoms with E-state index >= 15 is 0 Å². The van der Waals surface area contributed by atoms with Gasteiger partial charge in [0.05, 0.1) is 6.61 Å². The summed E-state index contributed by atoms with van der Waals surface area (Å²) in [6.07, 6.45) is -1.41. The van der Waals surface area contributed by atoms with Crippen LogP contribution >= 0.6 is 15.2 Å². The summed E-state index contributed by atoms with van der Waals surface area (Å²) in [7, 11) is -7.32. The Morgan fingerprint density at radius 3 is 1.75 bits per heavy atom. The van der Waals surface area contributed by atoms with Gasteiger partial charge in [0.1, 0.15) is 12.6 Å². The van der Waals surface area contributed by atoms with Crippen molar-refractivity contribution < 1.29 is 33.4 Å². The maximum absolute atomic E-state index is 10.8. The van der Waals surface area contributed by atoms with Gasteiger partial charge in [-0.25, -0.2) is 0 Å². The van der Waals surface area contributed by atoms with Crippen molar-refractivity contribution in [3.8, 4) is 0 Å². The molecule has 0 bridgehead atoms. The van der Waals surface area contributed by atoms with E-state index in [-0.39, 0.29) is 6.61 Å². The fourth-order valence-corrected chi connectivity index (χ4v) is 3.01. The standard InChI is InChI=1S/C6H17NO7P2/c1-6(3-14-2)7(4-15(8,9)10)5-16(11,12)13/h6H,3-5H2,1-2H3,(H2,8,9,10)(H2,11,12,13). The van der Waals surface area contributed by atoms with Crippen LogP contribution in [0.4, 0.5) is 0 Å². The summed E-state index contributed by atoms with van der Waals surface area (Å²) < 4.78 is 26.4. The van der Waals surface area contributed by atoms with E-state index in [4.69, 9.17) is 24.3 Å². The first kappa shape index (κ1) is 16.2. The highest BCUT2D eigenvalue weighted by Gasteiger charge is 2.28. The number of rotatable bonds is 7. The second-order valence-electron chi connectivity index (χ2n) is 3.51. The van der Waals surface area contributed by atoms with E-state index in [1.54, 1.807) is 6.92 Å². The molecule has 0 aromatic carbocycles. The summed E-state index contributed by atoms with van der Waals surface area (Å²) in [5.74, 6) is 0. The molecule has 0 fully saturated rings. The van der Waals surface area contributed by atoms with Gasteiger partial charge in [0.2, 0.25) is 0 Å². The summed E-state index contributed by atoms with van der Waals surface area (Å²) in [5.41, 5.74) is 0. The van der Waals surface area contributed by atoms with Crippen LogP contribution in [0.3, 0.4) is 0 Å². The monoisotopic (exact) mass is 277 g/mol. The smallest absolute Gasteiger partial charge is 0.339 e. The summed E-state index contributed by atoms with van der Waals surface area (Å²) >= 11 is 0. The van der Waals surface area contributed by atoms with Crippen LogP contribution in [0.1, 0.15) is 6.92 Å². The van der Waals surface area contributed by atoms with Crippen molar-refractivity contribution in [2.75, 3.05) is 26.3 Å². The van der Waals surface area contributed by atoms with Crippen molar-refractivity contribution >= 4 is 15.2 Å². The molecule has 0 saturated carbocycles. The first-order valence-corrected chi connectivity index (χ1v) is 7.97. The second kappa shape index (κ2) is 6.23. The Hall–Kier alpha value is 0.220. The van der Waals surface area contributed by atoms with Crippen LogP contribution in [0.25, 0.3) is 0 Å². The molecule has 0 amide bonds. The van der Waals surface area contributed by atoms with Crippen molar-refractivity contribution in [1.82, 2.24) is 4.90 Å². The van der Waals surface area contributed by atoms with Crippen LogP contribution in [0.15, 0.2) is 0 Å². The summed E-state index contributed by atoms with van der Waals surface area (Å²) in [6.45, 7) is 1.69. The lowest BCUT2D eigenvalue weighted by Gasteiger charge is -2.28. The normalized spacial score (nSPS) is 15.4. The molecule has 10 heteroatoms. The Morgan fingerprint density at radius 1 is 1.12 bits per heavy atom. The lowest BCUT2D eigenvalue weighted by molar-refractivity contribution is 0.113. The van der Waals surface area contributed by atoms with E-state index in [1.165, 1.54) is 7.11 Å². The van der Waals surface area contributed by atoms with Crippen LogP contribution < -0.4 is 0 Å². The van der Waals surface area contributed by atoms with Gasteiger partial charge in [0, 0.05) is 13.2 Å². The average Bonchev–Trinajstić information content (AvgIpc) is 1.97. The molecule has 0 rings (SSSR count). The molecule has 4 N–H and O–H groups in total. The first-order valence-electron chi connectivity index (χ1n) is 4.37. The lowest BCUT2D eigenvalue weighted by atomic mass is 10.3. The molecule has 8 nitrogen and oxygen atoms in total. The molecular formula is C6H17NO7P2. The molecule has 0 heterocycles. The number of hydrogen-bond donors (Lipinski definition) is 4. The van der Waals surface area contributed by atoms with Crippen molar-refractivity contribution in [3.05, 3.63) is 0 Å². The van der Waals surface area contributed by atoms with Gasteiger partial charge in [-0.15, -0.1) is 0 Å². The molecule has 98 valence electrons. The van der Waals surface area contributed by atoms with Crippen LogP contribution in [0.5, 0.6) is 0 Å². The topological polar surface area (TPSA) is 128 Å². The predicted molar refractivity (Wildman–Crippen MR) is 57.0 cm³/mol. The number of hydrogen-bond acceptors (Lipinski definition) is 4. The molecule has 0 saturated heterocycles. The van der Waals surface area contributed by atoms with Crippen LogP contribution in [-0.2, 0) is 13.9 Å². The highest BCUT2D eigenvalue weighted by Crippen LogP contribution is 2.41. The quantitative estimate of drug-likeness (QED) is 0.462. The zero-order valence-corrected chi connectivity index (χ0v) is 10.8. The first-order chi connectivity index (χ1) is 7.05. The summed E-state index contributed by atoms with van der Waals surface area (Å²) in [4.78, 5) is 36.1. The zero-order chi connectivity index (χ0) is 13.0. The molecule has 0 aromatic heterocycles. The molecular weight excluding hydrogens is 260 g/mol.